The molecule has 0 aromatic heterocycles. The van der Waals surface area contributed by atoms with Gasteiger partial charge in [-0.1, -0.05) is 12.1 Å². The topological polar surface area (TPSA) is 38.7 Å². The number of hydrogen-bond donors (Lipinski definition) is 1. The summed E-state index contributed by atoms with van der Waals surface area (Å²) >= 11 is 5.75. The fourth-order valence-electron chi connectivity index (χ4n) is 2.28. The average molecular weight is 461 g/mol. The maximum atomic E-state index is 10.5. The molecular weight excluding hydrogens is 447 g/mol. The number of rotatable bonds is 3. The van der Waals surface area contributed by atoms with E-state index in [1.54, 1.807) is 0 Å². The molecule has 1 heterocycles. The molecule has 0 bridgehead atoms. The summed E-state index contributed by atoms with van der Waals surface area (Å²) < 4.78 is 13.2. The molecule has 0 fully saturated rings. The minimum absolute atomic E-state index is 0.538. The number of benzene rings is 2. The van der Waals surface area contributed by atoms with Crippen molar-refractivity contribution in [2.75, 3.05) is 13.2 Å². The zero-order chi connectivity index (χ0) is 14.8. The highest BCUT2D eigenvalue weighted by Crippen LogP contribution is 2.40. The van der Waals surface area contributed by atoms with Crippen molar-refractivity contribution in [3.63, 3.8) is 0 Å². The van der Waals surface area contributed by atoms with Gasteiger partial charge in [-0.25, -0.2) is 0 Å². The number of halogens is 2. The SMILES string of the molecule is OC(Cc1ccc(I)cc1)c1cc(Br)c2c(c1)OCCO2. The standard InChI is InChI=1S/C16H14BrIO3/c17-13-8-11(9-15-16(13)21-6-5-20-15)14(19)7-10-1-3-12(18)4-2-10/h1-4,8-9,14,19H,5-7H2. The van der Waals surface area contributed by atoms with Crippen molar-refractivity contribution in [1.82, 2.24) is 0 Å². The third-order valence-corrected chi connectivity index (χ3v) is 4.65. The van der Waals surface area contributed by atoms with Gasteiger partial charge in [0, 0.05) is 9.99 Å². The van der Waals surface area contributed by atoms with Crippen LogP contribution in [-0.4, -0.2) is 18.3 Å². The van der Waals surface area contributed by atoms with E-state index in [1.165, 1.54) is 3.57 Å². The lowest BCUT2D eigenvalue weighted by Gasteiger charge is -2.21. The van der Waals surface area contributed by atoms with E-state index in [1.807, 2.05) is 36.4 Å². The molecule has 110 valence electrons. The van der Waals surface area contributed by atoms with Gasteiger partial charge in [-0.05, 0) is 73.9 Å². The van der Waals surface area contributed by atoms with Gasteiger partial charge in [0.15, 0.2) is 11.5 Å². The highest BCUT2D eigenvalue weighted by atomic mass is 127. The minimum atomic E-state index is -0.572. The molecule has 1 aliphatic heterocycles. The van der Waals surface area contributed by atoms with Crippen LogP contribution in [0.1, 0.15) is 17.2 Å². The molecule has 3 rings (SSSR count). The normalized spacial score (nSPS) is 14.8. The first kappa shape index (κ1) is 15.1. The Morgan fingerprint density at radius 2 is 1.86 bits per heavy atom. The van der Waals surface area contributed by atoms with Crippen LogP contribution in [0.4, 0.5) is 0 Å². The Bertz CT molecular complexity index is 643. The maximum absolute atomic E-state index is 10.5. The van der Waals surface area contributed by atoms with Gasteiger partial charge in [0.2, 0.25) is 0 Å². The number of aliphatic hydroxyl groups excluding tert-OH is 1. The average Bonchev–Trinajstić information content (AvgIpc) is 2.49. The highest BCUT2D eigenvalue weighted by molar-refractivity contribution is 14.1. The minimum Gasteiger partial charge on any atom is -0.486 e. The van der Waals surface area contributed by atoms with Crippen molar-refractivity contribution < 1.29 is 14.6 Å². The summed E-state index contributed by atoms with van der Waals surface area (Å²) in [4.78, 5) is 0. The first-order chi connectivity index (χ1) is 10.1. The van der Waals surface area contributed by atoms with Gasteiger partial charge >= 0.3 is 0 Å². The zero-order valence-corrected chi connectivity index (χ0v) is 14.9. The van der Waals surface area contributed by atoms with Crippen molar-refractivity contribution in [2.24, 2.45) is 0 Å². The third-order valence-electron chi connectivity index (χ3n) is 3.35. The van der Waals surface area contributed by atoms with Crippen molar-refractivity contribution in [2.45, 2.75) is 12.5 Å². The summed E-state index contributed by atoms with van der Waals surface area (Å²) in [5.74, 6) is 1.40. The van der Waals surface area contributed by atoms with Gasteiger partial charge in [-0.15, -0.1) is 0 Å². The fourth-order valence-corrected chi connectivity index (χ4v) is 3.22. The molecular formula is C16H14BrIO3. The quantitative estimate of drug-likeness (QED) is 0.701. The lowest BCUT2D eigenvalue weighted by Crippen LogP contribution is -2.16. The molecule has 5 heteroatoms. The van der Waals surface area contributed by atoms with Crippen LogP contribution in [0.25, 0.3) is 0 Å². The molecule has 0 spiro atoms. The van der Waals surface area contributed by atoms with Crippen molar-refractivity contribution in [3.05, 3.63) is 55.6 Å². The summed E-state index contributed by atoms with van der Waals surface area (Å²) in [6, 6.07) is 11.9. The van der Waals surface area contributed by atoms with Gasteiger partial charge in [0.05, 0.1) is 10.6 Å². The second-order valence-corrected chi connectivity index (χ2v) is 6.97. The summed E-state index contributed by atoms with van der Waals surface area (Å²) in [6.45, 7) is 1.09. The lowest BCUT2D eigenvalue weighted by atomic mass is 10.0. The Morgan fingerprint density at radius 3 is 2.62 bits per heavy atom. The van der Waals surface area contributed by atoms with E-state index in [9.17, 15) is 5.11 Å². The molecule has 1 N–H and O–H groups in total. The molecule has 2 aromatic carbocycles. The van der Waals surface area contributed by atoms with E-state index >= 15 is 0 Å². The van der Waals surface area contributed by atoms with E-state index in [2.05, 4.69) is 38.5 Å². The smallest absolute Gasteiger partial charge is 0.175 e. The Labute approximate surface area is 145 Å². The predicted molar refractivity (Wildman–Crippen MR) is 93.0 cm³/mol. The molecule has 0 radical (unpaired) electrons. The van der Waals surface area contributed by atoms with Crippen molar-refractivity contribution in [3.8, 4) is 11.5 Å². The monoisotopic (exact) mass is 460 g/mol. The molecule has 1 aliphatic rings. The van der Waals surface area contributed by atoms with Crippen LogP contribution >= 0.6 is 38.5 Å². The molecule has 1 atom stereocenters. The van der Waals surface area contributed by atoms with E-state index in [0.717, 1.165) is 15.6 Å². The van der Waals surface area contributed by atoms with Crippen molar-refractivity contribution in [1.29, 1.82) is 0 Å². The second-order valence-electron chi connectivity index (χ2n) is 4.87. The van der Waals surface area contributed by atoms with E-state index in [-0.39, 0.29) is 0 Å². The molecule has 21 heavy (non-hydrogen) atoms. The number of hydrogen-bond acceptors (Lipinski definition) is 3. The van der Waals surface area contributed by atoms with E-state index in [0.29, 0.717) is 31.1 Å². The van der Waals surface area contributed by atoms with Crippen LogP contribution in [0.3, 0.4) is 0 Å². The second kappa shape index (κ2) is 6.54. The molecule has 1 unspecified atom stereocenters. The van der Waals surface area contributed by atoms with Gasteiger partial charge in [0.1, 0.15) is 13.2 Å². The lowest BCUT2D eigenvalue weighted by molar-refractivity contribution is 0.163. The molecule has 0 saturated heterocycles. The van der Waals surface area contributed by atoms with Crippen LogP contribution < -0.4 is 9.47 Å². The number of ether oxygens (including phenoxy) is 2. The van der Waals surface area contributed by atoms with Gasteiger partial charge in [0.25, 0.3) is 0 Å². The van der Waals surface area contributed by atoms with Crippen LogP contribution in [-0.2, 0) is 6.42 Å². The van der Waals surface area contributed by atoms with Crippen LogP contribution in [0, 0.1) is 3.57 Å². The van der Waals surface area contributed by atoms with Crippen molar-refractivity contribution >= 4 is 38.5 Å². The molecule has 0 aliphatic carbocycles. The Balaban J connectivity index is 1.82. The first-order valence-corrected chi connectivity index (χ1v) is 8.52. The Morgan fingerprint density at radius 1 is 1.14 bits per heavy atom. The third kappa shape index (κ3) is 3.52. The largest absolute Gasteiger partial charge is 0.486 e. The molecule has 0 saturated carbocycles. The van der Waals surface area contributed by atoms with Gasteiger partial charge < -0.3 is 14.6 Å². The van der Waals surface area contributed by atoms with Crippen LogP contribution in [0.15, 0.2) is 40.9 Å². The van der Waals surface area contributed by atoms with E-state index < -0.39 is 6.10 Å². The Kier molecular flexibility index (Phi) is 4.71. The summed E-state index contributed by atoms with van der Waals surface area (Å²) in [6.07, 6.45) is 0.000376. The van der Waals surface area contributed by atoms with Crippen LogP contribution in [0.2, 0.25) is 0 Å². The van der Waals surface area contributed by atoms with Gasteiger partial charge in [-0.3, -0.25) is 0 Å². The molecule has 0 amide bonds. The van der Waals surface area contributed by atoms with E-state index in [4.69, 9.17) is 9.47 Å². The van der Waals surface area contributed by atoms with Crippen LogP contribution in [0.5, 0.6) is 11.5 Å². The predicted octanol–water partition coefficient (Wildman–Crippen LogP) is 4.10. The Hall–Kier alpha value is -0.790. The number of aliphatic hydroxyl groups is 1. The summed E-state index contributed by atoms with van der Waals surface area (Å²) in [5, 5.41) is 10.5. The zero-order valence-electron chi connectivity index (χ0n) is 11.2. The first-order valence-electron chi connectivity index (χ1n) is 6.65. The fraction of sp³-hybridized carbons (Fsp3) is 0.250. The maximum Gasteiger partial charge on any atom is 0.175 e. The summed E-state index contributed by atoms with van der Waals surface area (Å²) in [7, 11) is 0. The summed E-state index contributed by atoms with van der Waals surface area (Å²) in [5.41, 5.74) is 1.93. The molecule has 3 nitrogen and oxygen atoms in total. The number of fused-ring (bicyclic) bond motifs is 1. The van der Waals surface area contributed by atoms with Gasteiger partial charge in [-0.2, -0.15) is 0 Å². The molecule has 2 aromatic rings. The highest BCUT2D eigenvalue weighted by Gasteiger charge is 2.19.